The zero-order valence-corrected chi connectivity index (χ0v) is 17.3. The van der Waals surface area contributed by atoms with Gasteiger partial charge in [0.1, 0.15) is 0 Å². The lowest BCUT2D eigenvalue weighted by Gasteiger charge is -2.16. The van der Waals surface area contributed by atoms with Crippen LogP contribution in [0.3, 0.4) is 0 Å². The predicted molar refractivity (Wildman–Crippen MR) is 119 cm³/mol. The largest absolute Gasteiger partial charge is 0.352 e. The van der Waals surface area contributed by atoms with Crippen LogP contribution in [0.1, 0.15) is 18.9 Å². The fourth-order valence-electron chi connectivity index (χ4n) is 3.05. The fourth-order valence-corrected chi connectivity index (χ4v) is 4.01. The van der Waals surface area contributed by atoms with Crippen molar-refractivity contribution in [2.45, 2.75) is 36.7 Å². The minimum Gasteiger partial charge on any atom is -0.352 e. The molecule has 0 fully saturated rings. The van der Waals surface area contributed by atoms with Gasteiger partial charge in [-0.1, -0.05) is 60.3 Å². The maximum absolute atomic E-state index is 13.1. The summed E-state index contributed by atoms with van der Waals surface area (Å²) in [4.78, 5) is 30.1. The summed E-state index contributed by atoms with van der Waals surface area (Å²) in [5.74, 6) is -0.104. The molecule has 0 saturated carbocycles. The Kier molecular flexibility index (Phi) is 7.25. The van der Waals surface area contributed by atoms with E-state index < -0.39 is 0 Å². The number of hydrogen-bond donors (Lipinski definition) is 1. The molecule has 0 aliphatic heterocycles. The summed E-state index contributed by atoms with van der Waals surface area (Å²) in [6.45, 7) is 6.40. The van der Waals surface area contributed by atoms with Gasteiger partial charge in [-0.25, -0.2) is 4.98 Å². The number of fused-ring (bicyclic) bond motifs is 1. The summed E-state index contributed by atoms with van der Waals surface area (Å²) < 4.78 is 1.70. The summed E-state index contributed by atoms with van der Waals surface area (Å²) in [6, 6.07) is 17.5. The van der Waals surface area contributed by atoms with E-state index in [0.717, 1.165) is 12.8 Å². The molecule has 0 spiro atoms. The fraction of sp³-hybridized carbons (Fsp3) is 0.261. The highest BCUT2D eigenvalue weighted by atomic mass is 32.2. The molecule has 29 heavy (non-hydrogen) atoms. The molecule has 3 aromatic rings. The lowest BCUT2D eigenvalue weighted by atomic mass is 10.1. The quantitative estimate of drug-likeness (QED) is 0.333. The number of nitrogens with zero attached hydrogens (tertiary/aromatic N) is 2. The Morgan fingerprint density at radius 3 is 2.69 bits per heavy atom. The molecule has 0 bridgehead atoms. The van der Waals surface area contributed by atoms with Gasteiger partial charge in [-0.3, -0.25) is 14.2 Å². The summed E-state index contributed by atoms with van der Waals surface area (Å²) in [7, 11) is 0. The maximum Gasteiger partial charge on any atom is 0.262 e. The number of amides is 1. The molecule has 5 nitrogen and oxygen atoms in total. The number of nitrogens with one attached hydrogen (secondary N) is 1. The third kappa shape index (κ3) is 5.35. The van der Waals surface area contributed by atoms with Crippen LogP contribution in [0.5, 0.6) is 0 Å². The molecule has 1 aromatic heterocycles. The van der Waals surface area contributed by atoms with Gasteiger partial charge in [-0.15, -0.1) is 6.58 Å². The topological polar surface area (TPSA) is 64.0 Å². The third-order valence-electron chi connectivity index (χ3n) is 4.59. The Hall–Kier alpha value is -2.86. The third-order valence-corrected chi connectivity index (χ3v) is 5.68. The van der Waals surface area contributed by atoms with E-state index >= 15 is 0 Å². The van der Waals surface area contributed by atoms with Gasteiger partial charge in [0.2, 0.25) is 5.91 Å². The lowest BCUT2D eigenvalue weighted by Crippen LogP contribution is -2.32. The number of carbonyl (C=O) groups is 1. The van der Waals surface area contributed by atoms with E-state index in [1.165, 1.54) is 17.3 Å². The van der Waals surface area contributed by atoms with Gasteiger partial charge in [-0.05, 0) is 37.5 Å². The molecule has 6 heteroatoms. The first-order valence-electron chi connectivity index (χ1n) is 9.69. The van der Waals surface area contributed by atoms with Crippen molar-refractivity contribution in [3.05, 3.63) is 83.2 Å². The van der Waals surface area contributed by atoms with E-state index in [1.807, 2.05) is 43.3 Å². The average Bonchev–Trinajstić information content (AvgIpc) is 2.74. The van der Waals surface area contributed by atoms with Crippen LogP contribution in [-0.4, -0.2) is 27.3 Å². The van der Waals surface area contributed by atoms with Gasteiger partial charge in [0.25, 0.3) is 5.56 Å². The highest BCUT2D eigenvalue weighted by Crippen LogP contribution is 2.23. The number of benzene rings is 2. The summed E-state index contributed by atoms with van der Waals surface area (Å²) in [5.41, 5.74) is 1.82. The summed E-state index contributed by atoms with van der Waals surface area (Å²) >= 11 is 1.31. The number of aromatic nitrogens is 2. The molecular formula is C23H25N3O2S. The Bertz CT molecular complexity index is 1050. The smallest absolute Gasteiger partial charge is 0.262 e. The molecule has 1 amide bonds. The van der Waals surface area contributed by atoms with E-state index in [1.54, 1.807) is 16.7 Å². The van der Waals surface area contributed by atoms with Gasteiger partial charge in [0.15, 0.2) is 5.16 Å². The van der Waals surface area contributed by atoms with Crippen molar-refractivity contribution in [1.29, 1.82) is 0 Å². The van der Waals surface area contributed by atoms with Crippen LogP contribution < -0.4 is 10.9 Å². The molecule has 3 rings (SSSR count). The highest BCUT2D eigenvalue weighted by molar-refractivity contribution is 8.00. The van der Waals surface area contributed by atoms with Gasteiger partial charge in [0, 0.05) is 13.1 Å². The van der Waals surface area contributed by atoms with Crippen molar-refractivity contribution >= 4 is 28.6 Å². The Morgan fingerprint density at radius 1 is 1.21 bits per heavy atom. The highest BCUT2D eigenvalue weighted by Gasteiger charge is 2.19. The molecule has 2 aromatic carbocycles. The Labute approximate surface area is 174 Å². The first-order chi connectivity index (χ1) is 14.1. The number of hydrogen-bond acceptors (Lipinski definition) is 4. The van der Waals surface area contributed by atoms with Crippen molar-refractivity contribution in [1.82, 2.24) is 14.9 Å². The van der Waals surface area contributed by atoms with Gasteiger partial charge >= 0.3 is 0 Å². The molecule has 0 saturated heterocycles. The van der Waals surface area contributed by atoms with Crippen LogP contribution in [0.4, 0.5) is 0 Å². The van der Waals surface area contributed by atoms with Crippen molar-refractivity contribution in [2.75, 3.05) is 6.54 Å². The predicted octanol–water partition coefficient (Wildman–Crippen LogP) is 3.81. The average molecular weight is 408 g/mol. The minimum atomic E-state index is -0.372. The van der Waals surface area contributed by atoms with Crippen LogP contribution in [0, 0.1) is 0 Å². The number of rotatable bonds is 9. The molecule has 1 unspecified atom stereocenters. The lowest BCUT2D eigenvalue weighted by molar-refractivity contribution is -0.120. The molecule has 0 radical (unpaired) electrons. The van der Waals surface area contributed by atoms with Crippen LogP contribution in [0.25, 0.3) is 10.9 Å². The maximum atomic E-state index is 13.1. The van der Waals surface area contributed by atoms with E-state index in [4.69, 9.17) is 4.98 Å². The number of thioether (sulfide) groups is 1. The molecule has 0 aliphatic rings. The SMILES string of the molecule is C=CCNC(=O)C(C)Sc1nc2ccccc2c(=O)n1CCCc1ccccc1. The molecule has 150 valence electrons. The number of para-hydroxylation sites is 1. The minimum absolute atomic E-state index is 0.0649. The number of carbonyl (C=O) groups excluding carboxylic acids is 1. The van der Waals surface area contributed by atoms with Crippen molar-refractivity contribution in [3.8, 4) is 0 Å². The van der Waals surface area contributed by atoms with E-state index in [2.05, 4.69) is 24.0 Å². The molecule has 1 N–H and O–H groups in total. The molecular weight excluding hydrogens is 382 g/mol. The monoisotopic (exact) mass is 407 g/mol. The number of aryl methyl sites for hydroxylation is 1. The van der Waals surface area contributed by atoms with Gasteiger partial charge in [0.05, 0.1) is 16.2 Å². The zero-order valence-electron chi connectivity index (χ0n) is 16.5. The van der Waals surface area contributed by atoms with E-state index in [-0.39, 0.29) is 16.7 Å². The summed E-state index contributed by atoms with van der Waals surface area (Å²) in [5, 5.41) is 3.59. The van der Waals surface area contributed by atoms with Crippen LogP contribution in [0.15, 0.2) is 77.2 Å². The van der Waals surface area contributed by atoms with E-state index in [9.17, 15) is 9.59 Å². The normalized spacial score (nSPS) is 11.9. The van der Waals surface area contributed by atoms with Crippen molar-refractivity contribution < 1.29 is 4.79 Å². The second-order valence-corrected chi connectivity index (χ2v) is 8.06. The summed E-state index contributed by atoms with van der Waals surface area (Å²) in [6.07, 6.45) is 3.33. The van der Waals surface area contributed by atoms with Crippen LogP contribution in [-0.2, 0) is 17.8 Å². The van der Waals surface area contributed by atoms with Gasteiger partial charge in [-0.2, -0.15) is 0 Å². The Balaban J connectivity index is 1.85. The molecule has 1 atom stereocenters. The second-order valence-electron chi connectivity index (χ2n) is 6.75. The van der Waals surface area contributed by atoms with E-state index in [0.29, 0.717) is 29.1 Å². The van der Waals surface area contributed by atoms with Crippen LogP contribution >= 0.6 is 11.8 Å². The van der Waals surface area contributed by atoms with Crippen molar-refractivity contribution in [2.24, 2.45) is 0 Å². The molecule has 0 aliphatic carbocycles. The van der Waals surface area contributed by atoms with Crippen molar-refractivity contribution in [3.63, 3.8) is 0 Å². The Morgan fingerprint density at radius 2 is 1.93 bits per heavy atom. The van der Waals surface area contributed by atoms with Crippen LogP contribution in [0.2, 0.25) is 0 Å². The standard InChI is InChI=1S/C23H25N3O2S/c1-3-15-24-21(27)17(2)29-23-25-20-14-8-7-13-19(20)22(28)26(23)16-9-12-18-10-5-4-6-11-18/h3-8,10-11,13-14,17H,1,9,12,15-16H2,2H3,(H,24,27). The zero-order chi connectivity index (χ0) is 20.6. The molecule has 1 heterocycles. The van der Waals surface area contributed by atoms with Gasteiger partial charge < -0.3 is 5.32 Å². The second kappa shape index (κ2) is 10.1. The first kappa shape index (κ1) is 20.9. The first-order valence-corrected chi connectivity index (χ1v) is 10.6.